The molecule has 3 atom stereocenters. The number of allylic oxidation sites excluding steroid dienone is 3. The fraction of sp³-hybridized carbons (Fsp3) is 0.609. The van der Waals surface area contributed by atoms with Gasteiger partial charge >= 0.3 is 0 Å². The summed E-state index contributed by atoms with van der Waals surface area (Å²) in [6.07, 6.45) is 13.7. The fourth-order valence-corrected chi connectivity index (χ4v) is 4.08. The number of hydrogen-bond acceptors (Lipinski definition) is 7. The van der Waals surface area contributed by atoms with Crippen molar-refractivity contribution in [2.24, 2.45) is 9.98 Å². The van der Waals surface area contributed by atoms with E-state index in [1.54, 1.807) is 0 Å². The van der Waals surface area contributed by atoms with Crippen molar-refractivity contribution < 1.29 is 4.79 Å². The van der Waals surface area contributed by atoms with Gasteiger partial charge in [-0.2, -0.15) is 0 Å². The van der Waals surface area contributed by atoms with E-state index in [1.807, 2.05) is 37.4 Å². The SMILES string of the molecule is CCCCC(CCC)NC1=C(NC2=NC3C(C(=O)CN(C)C)=CC=CC3N2)C=NC1. The third-order valence-corrected chi connectivity index (χ3v) is 5.58. The predicted octanol–water partition coefficient (Wildman–Crippen LogP) is 2.14. The average molecular weight is 413 g/mol. The number of rotatable bonds is 11. The molecule has 2 aliphatic heterocycles. The van der Waals surface area contributed by atoms with Crippen molar-refractivity contribution in [2.75, 3.05) is 27.2 Å². The monoisotopic (exact) mass is 412 g/mol. The van der Waals surface area contributed by atoms with Gasteiger partial charge in [-0.1, -0.05) is 51.3 Å². The maximum absolute atomic E-state index is 12.6. The average Bonchev–Trinajstić information content (AvgIpc) is 3.31. The Bertz CT molecular complexity index is 777. The molecule has 0 aromatic rings. The van der Waals surface area contributed by atoms with Crippen LogP contribution in [0.25, 0.3) is 0 Å². The summed E-state index contributed by atoms with van der Waals surface area (Å²) in [6.45, 7) is 5.52. The number of ketones is 1. The smallest absolute Gasteiger partial charge is 0.197 e. The van der Waals surface area contributed by atoms with Gasteiger partial charge in [0.1, 0.15) is 6.04 Å². The summed E-state index contributed by atoms with van der Waals surface area (Å²) in [5, 5.41) is 10.5. The van der Waals surface area contributed by atoms with Crippen LogP contribution in [0, 0.1) is 0 Å². The van der Waals surface area contributed by atoms with Crippen LogP contribution in [0.3, 0.4) is 0 Å². The standard InChI is InChI=1S/C23H36N6O/c1-5-7-10-16(9-6-2)25-19-13-24-14-20(19)27-23-26-18-12-8-11-17(22(18)28-23)21(30)15-29(3)4/h8,11-12,14,16,18,22,25H,5-7,9-10,13,15H2,1-4H3,(H2,26,27,28). The lowest BCUT2D eigenvalue weighted by Crippen LogP contribution is -2.42. The van der Waals surface area contributed by atoms with Crippen molar-refractivity contribution in [1.29, 1.82) is 0 Å². The molecular formula is C23H36N6O. The summed E-state index contributed by atoms with van der Waals surface area (Å²) >= 11 is 0. The largest absolute Gasteiger partial charge is 0.382 e. The van der Waals surface area contributed by atoms with Gasteiger partial charge in [0.2, 0.25) is 0 Å². The van der Waals surface area contributed by atoms with Crippen molar-refractivity contribution in [3.8, 4) is 0 Å². The molecule has 0 bridgehead atoms. The maximum atomic E-state index is 12.6. The van der Waals surface area contributed by atoms with E-state index in [0.29, 0.717) is 25.1 Å². The van der Waals surface area contributed by atoms with E-state index >= 15 is 0 Å². The molecule has 0 saturated carbocycles. The number of carbonyl (C=O) groups excluding carboxylic acids is 1. The van der Waals surface area contributed by atoms with Crippen LogP contribution >= 0.6 is 0 Å². The van der Waals surface area contributed by atoms with Crippen molar-refractivity contribution in [3.05, 3.63) is 35.2 Å². The first-order chi connectivity index (χ1) is 14.5. The Hall–Kier alpha value is -2.41. The molecule has 0 aromatic carbocycles. The Morgan fingerprint density at radius 3 is 2.87 bits per heavy atom. The van der Waals surface area contributed by atoms with E-state index in [-0.39, 0.29) is 17.9 Å². The van der Waals surface area contributed by atoms with Crippen LogP contribution in [-0.4, -0.2) is 68.2 Å². The Labute approximate surface area is 180 Å². The van der Waals surface area contributed by atoms with Gasteiger partial charge in [-0.05, 0) is 26.9 Å². The minimum atomic E-state index is -0.183. The van der Waals surface area contributed by atoms with Gasteiger partial charge in [-0.3, -0.25) is 9.79 Å². The number of likely N-dealkylation sites (N-methyl/N-ethyl adjacent to an activating group) is 1. The molecule has 3 N–H and O–H groups in total. The number of fused-ring (bicyclic) bond motifs is 1. The van der Waals surface area contributed by atoms with E-state index in [9.17, 15) is 4.79 Å². The number of Topliss-reactive ketones (excluding diaryl/α,β-unsaturated/α-hetero) is 1. The molecule has 3 aliphatic rings. The number of nitrogens with zero attached hydrogens (tertiary/aromatic N) is 3. The van der Waals surface area contributed by atoms with Gasteiger partial charge in [0.05, 0.1) is 30.5 Å². The molecule has 164 valence electrons. The van der Waals surface area contributed by atoms with Crippen LogP contribution in [0.2, 0.25) is 0 Å². The first-order valence-electron chi connectivity index (χ1n) is 11.2. The highest BCUT2D eigenvalue weighted by Crippen LogP contribution is 2.23. The van der Waals surface area contributed by atoms with Gasteiger partial charge in [0.15, 0.2) is 11.7 Å². The molecule has 7 heteroatoms. The number of carbonyl (C=O) groups is 1. The molecule has 0 fully saturated rings. The van der Waals surface area contributed by atoms with E-state index in [2.05, 4.69) is 40.9 Å². The highest BCUT2D eigenvalue weighted by atomic mass is 16.1. The molecule has 3 unspecified atom stereocenters. The minimum Gasteiger partial charge on any atom is -0.382 e. The summed E-state index contributed by atoms with van der Waals surface area (Å²) in [5.74, 6) is 0.817. The molecule has 0 amide bonds. The summed E-state index contributed by atoms with van der Waals surface area (Å²) in [4.78, 5) is 23.8. The predicted molar refractivity (Wildman–Crippen MR) is 124 cm³/mol. The molecule has 0 radical (unpaired) electrons. The molecular weight excluding hydrogens is 376 g/mol. The number of unbranched alkanes of at least 4 members (excludes halogenated alkanes) is 1. The third kappa shape index (κ3) is 5.59. The molecule has 30 heavy (non-hydrogen) atoms. The highest BCUT2D eigenvalue weighted by Gasteiger charge is 2.34. The molecule has 7 nitrogen and oxygen atoms in total. The lowest BCUT2D eigenvalue weighted by Gasteiger charge is -2.22. The Morgan fingerprint density at radius 1 is 1.30 bits per heavy atom. The number of nitrogens with one attached hydrogen (secondary N) is 3. The summed E-state index contributed by atoms with van der Waals surface area (Å²) in [7, 11) is 3.81. The fourth-order valence-electron chi connectivity index (χ4n) is 4.08. The van der Waals surface area contributed by atoms with Crippen molar-refractivity contribution in [3.63, 3.8) is 0 Å². The second kappa shape index (κ2) is 10.6. The first-order valence-corrected chi connectivity index (χ1v) is 11.2. The summed E-state index contributed by atoms with van der Waals surface area (Å²) in [6, 6.07) is 0.301. The van der Waals surface area contributed by atoms with Gasteiger partial charge in [-0.25, -0.2) is 4.99 Å². The Morgan fingerprint density at radius 2 is 2.13 bits per heavy atom. The number of hydrogen-bond donors (Lipinski definition) is 3. The van der Waals surface area contributed by atoms with Crippen LogP contribution in [-0.2, 0) is 4.79 Å². The third-order valence-electron chi connectivity index (χ3n) is 5.58. The second-order valence-corrected chi connectivity index (χ2v) is 8.52. The van der Waals surface area contributed by atoms with Crippen molar-refractivity contribution in [1.82, 2.24) is 20.9 Å². The van der Waals surface area contributed by atoms with Crippen molar-refractivity contribution in [2.45, 2.75) is 64.1 Å². The number of guanidine groups is 1. The maximum Gasteiger partial charge on any atom is 0.197 e. The zero-order valence-electron chi connectivity index (χ0n) is 18.7. The lowest BCUT2D eigenvalue weighted by molar-refractivity contribution is -0.116. The molecule has 2 heterocycles. The van der Waals surface area contributed by atoms with Crippen LogP contribution in [0.4, 0.5) is 0 Å². The van der Waals surface area contributed by atoms with Crippen LogP contribution < -0.4 is 16.0 Å². The van der Waals surface area contributed by atoms with Gasteiger partial charge in [0.25, 0.3) is 0 Å². The summed E-state index contributed by atoms with van der Waals surface area (Å²) < 4.78 is 0. The topological polar surface area (TPSA) is 81.1 Å². The lowest BCUT2D eigenvalue weighted by atomic mass is 9.92. The first kappa shape index (κ1) is 22.3. The van der Waals surface area contributed by atoms with E-state index < -0.39 is 0 Å². The summed E-state index contributed by atoms with van der Waals surface area (Å²) in [5.41, 5.74) is 2.85. The Balaban J connectivity index is 1.68. The van der Waals surface area contributed by atoms with E-state index in [1.165, 1.54) is 25.7 Å². The van der Waals surface area contributed by atoms with Gasteiger partial charge in [0, 0.05) is 17.8 Å². The zero-order valence-corrected chi connectivity index (χ0v) is 18.7. The molecule has 0 aromatic heterocycles. The van der Waals surface area contributed by atoms with Crippen LogP contribution in [0.5, 0.6) is 0 Å². The van der Waals surface area contributed by atoms with E-state index in [0.717, 1.165) is 23.4 Å². The zero-order chi connectivity index (χ0) is 21.5. The molecule has 0 spiro atoms. The second-order valence-electron chi connectivity index (χ2n) is 8.52. The number of aliphatic imine (C=N–C) groups is 2. The normalized spacial score (nSPS) is 23.2. The van der Waals surface area contributed by atoms with Crippen LogP contribution in [0.1, 0.15) is 46.0 Å². The minimum absolute atomic E-state index is 0.00589. The van der Waals surface area contributed by atoms with Crippen LogP contribution in [0.15, 0.2) is 45.2 Å². The highest BCUT2D eigenvalue weighted by molar-refractivity contribution is 6.01. The van der Waals surface area contributed by atoms with Crippen molar-refractivity contribution >= 4 is 18.0 Å². The Kier molecular flexibility index (Phi) is 7.85. The van der Waals surface area contributed by atoms with E-state index in [4.69, 9.17) is 4.99 Å². The van der Waals surface area contributed by atoms with Gasteiger partial charge < -0.3 is 20.9 Å². The molecule has 1 aliphatic carbocycles. The quantitative estimate of drug-likeness (QED) is 0.484. The molecule has 3 rings (SSSR count). The van der Waals surface area contributed by atoms with Gasteiger partial charge in [-0.15, -0.1) is 0 Å². The molecule has 0 saturated heterocycles.